The summed E-state index contributed by atoms with van der Waals surface area (Å²) < 4.78 is 42.7. The van der Waals surface area contributed by atoms with E-state index in [9.17, 15) is 18.3 Å². The Bertz CT molecular complexity index is 1070. The van der Waals surface area contributed by atoms with E-state index in [0.29, 0.717) is 16.8 Å². The first-order chi connectivity index (χ1) is 13.9. The van der Waals surface area contributed by atoms with E-state index in [1.807, 2.05) is 0 Å². The van der Waals surface area contributed by atoms with Crippen molar-refractivity contribution in [2.45, 2.75) is 18.3 Å². The van der Waals surface area contributed by atoms with E-state index < -0.39 is 29.8 Å². The molecule has 4 rings (SSSR count). The molecule has 0 aliphatic carbocycles. The third-order valence-electron chi connectivity index (χ3n) is 4.66. The summed E-state index contributed by atoms with van der Waals surface area (Å²) in [5.74, 6) is -1.63. The molecule has 0 saturated heterocycles. The van der Waals surface area contributed by atoms with Crippen LogP contribution in [0.2, 0.25) is 0 Å². The smallest absolute Gasteiger partial charge is 0.435 e. The summed E-state index contributed by atoms with van der Waals surface area (Å²) in [4.78, 5) is 0. The predicted molar refractivity (Wildman–Crippen MR) is 99.4 cm³/mol. The van der Waals surface area contributed by atoms with Gasteiger partial charge in [0.2, 0.25) is 5.88 Å². The van der Waals surface area contributed by atoms with E-state index >= 15 is 0 Å². The zero-order valence-corrected chi connectivity index (χ0v) is 15.0. The molecule has 1 aliphatic rings. The number of aromatic hydroxyl groups is 1. The van der Waals surface area contributed by atoms with Crippen LogP contribution in [0.4, 0.5) is 13.2 Å². The minimum Gasteiger partial charge on any atom is -0.493 e. The van der Waals surface area contributed by atoms with Crippen LogP contribution in [0.3, 0.4) is 0 Å². The zero-order chi connectivity index (χ0) is 20.6. The standard InChI is InChI=1S/C20H16F3N5O/c21-20(22,23)17-16(19(29)28(27-17)13-9-5-2-6-10-13)15(12-7-3-1-4-8-12)14-11-25-26-18(14)24/h1-11,15,18,29H,24H2. The molecule has 0 bridgehead atoms. The Kier molecular flexibility index (Phi) is 4.67. The van der Waals surface area contributed by atoms with Crippen LogP contribution >= 0.6 is 0 Å². The number of aromatic nitrogens is 2. The summed E-state index contributed by atoms with van der Waals surface area (Å²) >= 11 is 0. The average molecular weight is 399 g/mol. The topological polar surface area (TPSA) is 88.8 Å². The molecule has 3 N–H and O–H groups in total. The second kappa shape index (κ2) is 7.17. The number of azo groups is 1. The lowest BCUT2D eigenvalue weighted by atomic mass is 9.84. The molecule has 3 aromatic rings. The van der Waals surface area contributed by atoms with Crippen molar-refractivity contribution in [3.8, 4) is 11.6 Å². The van der Waals surface area contributed by atoms with Gasteiger partial charge in [0.25, 0.3) is 0 Å². The molecular formula is C20H16F3N5O. The summed E-state index contributed by atoms with van der Waals surface area (Å²) in [6.45, 7) is 0. The van der Waals surface area contributed by atoms with Crippen molar-refractivity contribution in [2.75, 3.05) is 0 Å². The van der Waals surface area contributed by atoms with Crippen molar-refractivity contribution in [3.63, 3.8) is 0 Å². The molecule has 0 amide bonds. The van der Waals surface area contributed by atoms with Gasteiger partial charge >= 0.3 is 6.18 Å². The van der Waals surface area contributed by atoms with Gasteiger partial charge in [-0.1, -0.05) is 48.5 Å². The molecule has 6 nitrogen and oxygen atoms in total. The molecular weight excluding hydrogens is 383 g/mol. The number of hydrogen-bond donors (Lipinski definition) is 2. The Morgan fingerprint density at radius 1 is 1.00 bits per heavy atom. The second-order valence-corrected chi connectivity index (χ2v) is 6.48. The van der Waals surface area contributed by atoms with Crippen molar-refractivity contribution in [1.82, 2.24) is 9.78 Å². The molecule has 2 heterocycles. The van der Waals surface area contributed by atoms with Crippen LogP contribution in [-0.4, -0.2) is 21.1 Å². The highest BCUT2D eigenvalue weighted by Crippen LogP contribution is 2.46. The fraction of sp³-hybridized carbons (Fsp3) is 0.150. The highest BCUT2D eigenvalue weighted by molar-refractivity contribution is 5.52. The Morgan fingerprint density at radius 3 is 2.17 bits per heavy atom. The highest BCUT2D eigenvalue weighted by atomic mass is 19.4. The second-order valence-electron chi connectivity index (χ2n) is 6.48. The van der Waals surface area contributed by atoms with Gasteiger partial charge in [0.15, 0.2) is 5.69 Å². The monoisotopic (exact) mass is 399 g/mol. The molecule has 29 heavy (non-hydrogen) atoms. The lowest BCUT2D eigenvalue weighted by molar-refractivity contribution is -0.142. The number of nitrogens with two attached hydrogens (primary N) is 1. The molecule has 0 spiro atoms. The number of nitrogens with zero attached hydrogens (tertiary/aromatic N) is 4. The Balaban J connectivity index is 1.99. The maximum atomic E-state index is 13.9. The molecule has 148 valence electrons. The van der Waals surface area contributed by atoms with Crippen LogP contribution in [0.5, 0.6) is 5.88 Å². The quantitative estimate of drug-likeness (QED) is 0.683. The average Bonchev–Trinajstić information content (AvgIpc) is 3.28. The zero-order valence-electron chi connectivity index (χ0n) is 15.0. The van der Waals surface area contributed by atoms with Gasteiger partial charge in [-0.3, -0.25) is 0 Å². The minimum atomic E-state index is -4.79. The molecule has 0 saturated carbocycles. The van der Waals surface area contributed by atoms with E-state index in [-0.39, 0.29) is 5.56 Å². The van der Waals surface area contributed by atoms with Crippen molar-refractivity contribution in [3.05, 3.63) is 89.3 Å². The van der Waals surface area contributed by atoms with Gasteiger partial charge in [0, 0.05) is 11.5 Å². The summed E-state index contributed by atoms with van der Waals surface area (Å²) in [7, 11) is 0. The maximum Gasteiger partial charge on any atom is 0.435 e. The molecule has 2 aromatic carbocycles. The normalized spacial score (nSPS) is 17.4. The fourth-order valence-corrected chi connectivity index (χ4v) is 3.38. The van der Waals surface area contributed by atoms with E-state index in [1.165, 1.54) is 6.20 Å². The lowest BCUT2D eigenvalue weighted by Gasteiger charge is -2.21. The predicted octanol–water partition coefficient (Wildman–Crippen LogP) is 4.36. The van der Waals surface area contributed by atoms with Crippen molar-refractivity contribution >= 4 is 0 Å². The first-order valence-electron chi connectivity index (χ1n) is 8.73. The van der Waals surface area contributed by atoms with Gasteiger partial charge < -0.3 is 10.8 Å². The number of benzene rings is 2. The summed E-state index contributed by atoms with van der Waals surface area (Å²) in [5, 5.41) is 22.1. The third kappa shape index (κ3) is 3.40. The van der Waals surface area contributed by atoms with Crippen molar-refractivity contribution in [1.29, 1.82) is 0 Å². The van der Waals surface area contributed by atoms with Gasteiger partial charge in [-0.25, -0.2) is 4.68 Å². The molecule has 1 aliphatic heterocycles. The molecule has 2 unspecified atom stereocenters. The molecule has 2 atom stereocenters. The molecule has 0 radical (unpaired) electrons. The Labute approximate surface area is 163 Å². The Hall–Kier alpha value is -3.46. The van der Waals surface area contributed by atoms with E-state index in [0.717, 1.165) is 4.68 Å². The van der Waals surface area contributed by atoms with E-state index in [1.54, 1.807) is 60.7 Å². The number of para-hydroxylation sites is 1. The van der Waals surface area contributed by atoms with Crippen LogP contribution in [0.25, 0.3) is 5.69 Å². The van der Waals surface area contributed by atoms with E-state index in [4.69, 9.17) is 5.73 Å². The van der Waals surface area contributed by atoms with Gasteiger partial charge in [0.1, 0.15) is 6.17 Å². The maximum absolute atomic E-state index is 13.9. The van der Waals surface area contributed by atoms with Crippen LogP contribution in [0, 0.1) is 0 Å². The molecule has 9 heteroatoms. The van der Waals surface area contributed by atoms with Crippen LogP contribution < -0.4 is 5.73 Å². The first kappa shape index (κ1) is 18.9. The number of alkyl halides is 3. The first-order valence-corrected chi connectivity index (χ1v) is 8.73. The molecule has 1 aromatic heterocycles. The summed E-state index contributed by atoms with van der Waals surface area (Å²) in [5.41, 5.74) is 5.53. The van der Waals surface area contributed by atoms with Gasteiger partial charge in [-0.05, 0) is 17.7 Å². The minimum absolute atomic E-state index is 0.299. The van der Waals surface area contributed by atoms with Gasteiger partial charge in [-0.2, -0.15) is 28.5 Å². The summed E-state index contributed by atoms with van der Waals surface area (Å²) in [6, 6.07) is 16.6. The van der Waals surface area contributed by atoms with Gasteiger partial charge in [-0.15, -0.1) is 0 Å². The number of hydrogen-bond acceptors (Lipinski definition) is 5. The van der Waals surface area contributed by atoms with Crippen molar-refractivity contribution < 1.29 is 18.3 Å². The van der Waals surface area contributed by atoms with Crippen molar-refractivity contribution in [2.24, 2.45) is 16.0 Å². The fourth-order valence-electron chi connectivity index (χ4n) is 3.38. The highest BCUT2D eigenvalue weighted by Gasteiger charge is 2.44. The number of rotatable bonds is 4. The lowest BCUT2D eigenvalue weighted by Crippen LogP contribution is -2.24. The van der Waals surface area contributed by atoms with Crippen LogP contribution in [-0.2, 0) is 6.18 Å². The van der Waals surface area contributed by atoms with Gasteiger partial charge in [0.05, 0.1) is 17.5 Å². The number of halogens is 3. The third-order valence-corrected chi connectivity index (χ3v) is 4.66. The Morgan fingerprint density at radius 2 is 1.62 bits per heavy atom. The SMILES string of the molecule is NC1N=NC=C1C(c1ccccc1)c1c(C(F)(F)F)nn(-c2ccccc2)c1O. The van der Waals surface area contributed by atoms with Crippen LogP contribution in [0.15, 0.2) is 82.7 Å². The summed E-state index contributed by atoms with van der Waals surface area (Å²) in [6.07, 6.45) is -4.38. The largest absolute Gasteiger partial charge is 0.493 e. The molecule has 0 fully saturated rings. The van der Waals surface area contributed by atoms with Crippen LogP contribution in [0.1, 0.15) is 22.7 Å². The van der Waals surface area contributed by atoms with E-state index in [2.05, 4.69) is 15.3 Å².